The summed E-state index contributed by atoms with van der Waals surface area (Å²) < 4.78 is 0. The molecule has 1 aliphatic rings. The monoisotopic (exact) mass is 324 g/mol. The van der Waals surface area contributed by atoms with Gasteiger partial charge in [-0.25, -0.2) is 9.97 Å². The number of benzene rings is 2. The molecule has 0 bridgehead atoms. The molecule has 0 N–H and O–H groups in total. The standard InChI is InChI=1S/C18H17ClN4/c19-14-4-3-5-15(12-14)22-8-10-23(11-9-22)18-16-6-1-2-7-17(16)20-13-21-18/h1-7,12-13H,8-11H2. The zero-order valence-electron chi connectivity index (χ0n) is 12.7. The van der Waals surface area contributed by atoms with Crippen LogP contribution in [0.15, 0.2) is 54.9 Å². The van der Waals surface area contributed by atoms with Gasteiger partial charge in [-0.3, -0.25) is 0 Å². The summed E-state index contributed by atoms with van der Waals surface area (Å²) in [5, 5.41) is 1.90. The predicted molar refractivity (Wildman–Crippen MR) is 95.4 cm³/mol. The Bertz CT molecular complexity index is 823. The van der Waals surface area contributed by atoms with E-state index >= 15 is 0 Å². The lowest BCUT2D eigenvalue weighted by Crippen LogP contribution is -2.46. The van der Waals surface area contributed by atoms with Crippen molar-refractivity contribution in [2.24, 2.45) is 0 Å². The minimum absolute atomic E-state index is 0.784. The van der Waals surface area contributed by atoms with E-state index in [1.165, 1.54) is 5.69 Å². The molecule has 0 unspecified atom stereocenters. The van der Waals surface area contributed by atoms with E-state index < -0.39 is 0 Å². The number of halogens is 1. The highest BCUT2D eigenvalue weighted by Gasteiger charge is 2.20. The van der Waals surface area contributed by atoms with Gasteiger partial charge in [-0.2, -0.15) is 0 Å². The molecule has 4 nitrogen and oxygen atoms in total. The summed E-state index contributed by atoms with van der Waals surface area (Å²) in [6.45, 7) is 3.79. The average Bonchev–Trinajstić information content (AvgIpc) is 2.61. The molecule has 3 aromatic rings. The molecule has 1 aromatic heterocycles. The molecule has 0 atom stereocenters. The van der Waals surface area contributed by atoms with Gasteiger partial charge in [-0.1, -0.05) is 29.8 Å². The lowest BCUT2D eigenvalue weighted by molar-refractivity contribution is 0.649. The van der Waals surface area contributed by atoms with Crippen molar-refractivity contribution >= 4 is 34.0 Å². The van der Waals surface area contributed by atoms with Gasteiger partial charge in [-0.05, 0) is 30.3 Å². The molecular formula is C18H17ClN4. The molecule has 23 heavy (non-hydrogen) atoms. The summed E-state index contributed by atoms with van der Waals surface area (Å²) in [4.78, 5) is 13.6. The number of anilines is 2. The molecule has 2 aromatic carbocycles. The number of hydrogen-bond acceptors (Lipinski definition) is 4. The summed E-state index contributed by atoms with van der Waals surface area (Å²) in [6, 6.07) is 16.2. The van der Waals surface area contributed by atoms with Crippen LogP contribution in [0.5, 0.6) is 0 Å². The van der Waals surface area contributed by atoms with E-state index in [1.54, 1.807) is 6.33 Å². The first kappa shape index (κ1) is 14.3. The maximum Gasteiger partial charge on any atom is 0.140 e. The van der Waals surface area contributed by atoms with Crippen molar-refractivity contribution in [1.82, 2.24) is 9.97 Å². The topological polar surface area (TPSA) is 32.3 Å². The van der Waals surface area contributed by atoms with E-state index in [4.69, 9.17) is 11.6 Å². The third-order valence-corrected chi connectivity index (χ3v) is 4.51. The Hall–Kier alpha value is -2.33. The minimum Gasteiger partial charge on any atom is -0.368 e. The van der Waals surface area contributed by atoms with Crippen molar-refractivity contribution in [1.29, 1.82) is 0 Å². The highest BCUT2D eigenvalue weighted by atomic mass is 35.5. The number of piperazine rings is 1. The zero-order chi connectivity index (χ0) is 15.6. The molecule has 5 heteroatoms. The molecule has 0 radical (unpaired) electrons. The smallest absolute Gasteiger partial charge is 0.140 e. The van der Waals surface area contributed by atoms with Gasteiger partial charge in [0.15, 0.2) is 0 Å². The van der Waals surface area contributed by atoms with E-state index in [9.17, 15) is 0 Å². The van der Waals surface area contributed by atoms with Gasteiger partial charge in [0.25, 0.3) is 0 Å². The van der Waals surface area contributed by atoms with Crippen LogP contribution in [-0.4, -0.2) is 36.1 Å². The molecule has 0 spiro atoms. The number of nitrogens with zero attached hydrogens (tertiary/aromatic N) is 4. The first-order valence-corrected chi connectivity index (χ1v) is 8.14. The van der Waals surface area contributed by atoms with Gasteiger partial charge in [-0.15, -0.1) is 0 Å². The number of fused-ring (bicyclic) bond motifs is 1. The van der Waals surface area contributed by atoms with E-state index in [0.717, 1.165) is 47.9 Å². The predicted octanol–water partition coefficient (Wildman–Crippen LogP) is 3.61. The zero-order valence-corrected chi connectivity index (χ0v) is 13.4. The molecule has 0 saturated carbocycles. The summed E-state index contributed by atoms with van der Waals surface area (Å²) in [6.07, 6.45) is 1.65. The Labute approximate surface area is 140 Å². The van der Waals surface area contributed by atoms with Crippen molar-refractivity contribution in [3.8, 4) is 0 Å². The van der Waals surface area contributed by atoms with Gasteiger partial charge in [0.1, 0.15) is 12.1 Å². The van der Waals surface area contributed by atoms with Gasteiger partial charge < -0.3 is 9.80 Å². The summed E-state index contributed by atoms with van der Waals surface area (Å²) >= 11 is 6.10. The molecule has 1 fully saturated rings. The van der Waals surface area contributed by atoms with Crippen LogP contribution in [0, 0.1) is 0 Å². The molecular weight excluding hydrogens is 308 g/mol. The van der Waals surface area contributed by atoms with E-state index in [0.29, 0.717) is 0 Å². The van der Waals surface area contributed by atoms with Crippen molar-refractivity contribution in [3.05, 3.63) is 59.9 Å². The van der Waals surface area contributed by atoms with E-state index in [2.05, 4.69) is 31.9 Å². The quantitative estimate of drug-likeness (QED) is 0.721. The molecule has 116 valence electrons. The van der Waals surface area contributed by atoms with Gasteiger partial charge in [0, 0.05) is 42.3 Å². The normalized spacial score (nSPS) is 15.2. The molecule has 2 heterocycles. The maximum absolute atomic E-state index is 6.10. The first-order chi connectivity index (χ1) is 11.3. The van der Waals surface area contributed by atoms with E-state index in [-0.39, 0.29) is 0 Å². The van der Waals surface area contributed by atoms with Gasteiger partial charge in [0.2, 0.25) is 0 Å². The molecule has 4 rings (SSSR count). The van der Waals surface area contributed by atoms with Crippen LogP contribution in [0.2, 0.25) is 5.02 Å². The number of aromatic nitrogens is 2. The van der Waals surface area contributed by atoms with E-state index in [1.807, 2.05) is 36.4 Å². The Morgan fingerprint density at radius 2 is 1.61 bits per heavy atom. The summed E-state index contributed by atoms with van der Waals surface area (Å²) in [7, 11) is 0. The fourth-order valence-electron chi connectivity index (χ4n) is 3.09. The van der Waals surface area contributed by atoms with Crippen molar-refractivity contribution in [3.63, 3.8) is 0 Å². The second kappa shape index (κ2) is 6.05. The minimum atomic E-state index is 0.784. The second-order valence-electron chi connectivity index (χ2n) is 5.67. The van der Waals surface area contributed by atoms with Crippen LogP contribution in [0.3, 0.4) is 0 Å². The maximum atomic E-state index is 6.10. The van der Waals surface area contributed by atoms with Crippen LogP contribution in [0.4, 0.5) is 11.5 Å². The summed E-state index contributed by atoms with van der Waals surface area (Å²) in [5.41, 5.74) is 2.18. The number of rotatable bonds is 2. The fraction of sp³-hybridized carbons (Fsp3) is 0.222. The molecule has 0 aliphatic carbocycles. The summed E-state index contributed by atoms with van der Waals surface area (Å²) in [5.74, 6) is 1.03. The van der Waals surface area contributed by atoms with Crippen LogP contribution in [0.1, 0.15) is 0 Å². The van der Waals surface area contributed by atoms with Crippen LogP contribution < -0.4 is 9.80 Å². The van der Waals surface area contributed by atoms with Crippen molar-refractivity contribution in [2.75, 3.05) is 36.0 Å². The SMILES string of the molecule is Clc1cccc(N2CCN(c3ncnc4ccccc34)CC2)c1. The lowest BCUT2D eigenvalue weighted by Gasteiger charge is -2.37. The number of hydrogen-bond donors (Lipinski definition) is 0. The Morgan fingerprint density at radius 3 is 2.43 bits per heavy atom. The third kappa shape index (κ3) is 2.82. The Kier molecular flexibility index (Phi) is 3.75. The van der Waals surface area contributed by atoms with Crippen LogP contribution in [0.25, 0.3) is 10.9 Å². The molecule has 0 amide bonds. The Balaban J connectivity index is 1.55. The highest BCUT2D eigenvalue weighted by molar-refractivity contribution is 6.30. The molecule has 1 aliphatic heterocycles. The lowest BCUT2D eigenvalue weighted by atomic mass is 10.2. The third-order valence-electron chi connectivity index (χ3n) is 4.27. The highest BCUT2D eigenvalue weighted by Crippen LogP contribution is 2.25. The van der Waals surface area contributed by atoms with Crippen LogP contribution in [-0.2, 0) is 0 Å². The largest absolute Gasteiger partial charge is 0.368 e. The average molecular weight is 325 g/mol. The first-order valence-electron chi connectivity index (χ1n) is 7.76. The van der Waals surface area contributed by atoms with Gasteiger partial charge in [0.05, 0.1) is 5.52 Å². The fourth-order valence-corrected chi connectivity index (χ4v) is 3.28. The Morgan fingerprint density at radius 1 is 0.826 bits per heavy atom. The molecule has 1 saturated heterocycles. The van der Waals surface area contributed by atoms with Crippen molar-refractivity contribution < 1.29 is 0 Å². The van der Waals surface area contributed by atoms with Crippen LogP contribution >= 0.6 is 11.6 Å². The number of para-hydroxylation sites is 1. The second-order valence-corrected chi connectivity index (χ2v) is 6.10. The van der Waals surface area contributed by atoms with Crippen molar-refractivity contribution in [2.45, 2.75) is 0 Å². The van der Waals surface area contributed by atoms with Gasteiger partial charge >= 0.3 is 0 Å².